The Morgan fingerprint density at radius 3 is 2.58 bits per heavy atom. The molecule has 8 heteroatoms. The Morgan fingerprint density at radius 2 is 2.05 bits per heavy atom. The number of hydrogen-bond acceptors (Lipinski definition) is 2. The lowest BCUT2D eigenvalue weighted by atomic mass is 10.2. The summed E-state index contributed by atoms with van der Waals surface area (Å²) in [5.41, 5.74) is 5.26. The maximum atomic E-state index is 12.5. The third-order valence-corrected chi connectivity index (χ3v) is 2.91. The molecule has 0 atom stereocenters. The fourth-order valence-corrected chi connectivity index (χ4v) is 2.09. The van der Waals surface area contributed by atoms with Gasteiger partial charge in [0.15, 0.2) is 0 Å². The molecule has 2 aromatic rings. The molecule has 0 saturated heterocycles. The maximum Gasteiger partial charge on any atom is 0.419 e. The molecular formula is C11H7ClF3N3S. The quantitative estimate of drug-likeness (QED) is 0.867. The second kappa shape index (κ2) is 4.82. The van der Waals surface area contributed by atoms with Gasteiger partial charge in [-0.3, -0.25) is 0 Å². The summed E-state index contributed by atoms with van der Waals surface area (Å²) in [7, 11) is 0. The first-order valence-electron chi connectivity index (χ1n) is 5.01. The highest BCUT2D eigenvalue weighted by Crippen LogP contribution is 2.30. The minimum Gasteiger partial charge on any atom is -0.389 e. The summed E-state index contributed by atoms with van der Waals surface area (Å²) in [5.74, 6) is 0. The lowest BCUT2D eigenvalue weighted by Crippen LogP contribution is -2.14. The second-order valence-corrected chi connectivity index (χ2v) is 4.52. The van der Waals surface area contributed by atoms with Crippen molar-refractivity contribution in [1.82, 2.24) is 9.78 Å². The van der Waals surface area contributed by atoms with Crippen LogP contribution in [0.3, 0.4) is 0 Å². The summed E-state index contributed by atoms with van der Waals surface area (Å²) in [5, 5.41) is 3.92. The Hall–Kier alpha value is -1.60. The Balaban J connectivity index is 2.57. The standard InChI is InChI=1S/C11H7ClF3N3S/c12-7-2-1-3-8(9(7)10(16)19)18-5-6(4-17-18)11(13,14)15/h1-5H,(H2,16,19). The van der Waals surface area contributed by atoms with E-state index in [1.54, 1.807) is 12.1 Å². The van der Waals surface area contributed by atoms with Crippen molar-refractivity contribution in [3.8, 4) is 5.69 Å². The summed E-state index contributed by atoms with van der Waals surface area (Å²) in [6.45, 7) is 0. The van der Waals surface area contributed by atoms with Crippen molar-refractivity contribution in [1.29, 1.82) is 0 Å². The highest BCUT2D eigenvalue weighted by atomic mass is 35.5. The van der Waals surface area contributed by atoms with Crippen LogP contribution in [0.5, 0.6) is 0 Å². The van der Waals surface area contributed by atoms with Crippen LogP contribution in [0, 0.1) is 0 Å². The van der Waals surface area contributed by atoms with Gasteiger partial charge in [0.2, 0.25) is 0 Å². The van der Waals surface area contributed by atoms with E-state index in [0.717, 1.165) is 17.1 Å². The van der Waals surface area contributed by atoms with Crippen LogP contribution in [0.15, 0.2) is 30.6 Å². The zero-order chi connectivity index (χ0) is 14.2. The smallest absolute Gasteiger partial charge is 0.389 e. The topological polar surface area (TPSA) is 43.8 Å². The van der Waals surface area contributed by atoms with Crippen LogP contribution < -0.4 is 5.73 Å². The number of hydrogen-bond donors (Lipinski definition) is 1. The molecule has 0 radical (unpaired) electrons. The fraction of sp³-hybridized carbons (Fsp3) is 0.0909. The van der Waals surface area contributed by atoms with E-state index in [2.05, 4.69) is 5.10 Å². The van der Waals surface area contributed by atoms with Gasteiger partial charge >= 0.3 is 6.18 Å². The van der Waals surface area contributed by atoms with E-state index in [-0.39, 0.29) is 15.6 Å². The number of rotatable bonds is 2. The predicted octanol–water partition coefficient (Wildman–Crippen LogP) is 3.18. The summed E-state index contributed by atoms with van der Waals surface area (Å²) < 4.78 is 38.6. The molecule has 0 amide bonds. The van der Waals surface area contributed by atoms with Crippen LogP contribution in [-0.4, -0.2) is 14.8 Å². The summed E-state index contributed by atoms with van der Waals surface area (Å²) >= 11 is 10.8. The third-order valence-electron chi connectivity index (χ3n) is 2.39. The van der Waals surface area contributed by atoms with Crippen LogP contribution in [0.4, 0.5) is 13.2 Å². The molecule has 0 aliphatic carbocycles. The number of halogens is 4. The van der Waals surface area contributed by atoms with Gasteiger partial charge in [-0.2, -0.15) is 18.3 Å². The molecule has 0 spiro atoms. The Morgan fingerprint density at radius 1 is 1.37 bits per heavy atom. The van der Waals surface area contributed by atoms with Gasteiger partial charge in [0.25, 0.3) is 0 Å². The van der Waals surface area contributed by atoms with Gasteiger partial charge < -0.3 is 5.73 Å². The van der Waals surface area contributed by atoms with Gasteiger partial charge in [0.1, 0.15) is 4.99 Å². The van der Waals surface area contributed by atoms with Gasteiger partial charge in [-0.1, -0.05) is 29.9 Å². The average molecular weight is 306 g/mol. The number of aromatic nitrogens is 2. The molecule has 0 bridgehead atoms. The summed E-state index contributed by atoms with van der Waals surface area (Å²) in [6.07, 6.45) is -2.88. The average Bonchev–Trinajstić information content (AvgIpc) is 2.76. The van der Waals surface area contributed by atoms with Crippen LogP contribution >= 0.6 is 23.8 Å². The largest absolute Gasteiger partial charge is 0.419 e. The number of alkyl halides is 3. The minimum atomic E-state index is -4.46. The normalized spacial score (nSPS) is 11.6. The van der Waals surface area contributed by atoms with Gasteiger partial charge in [0, 0.05) is 6.20 Å². The van der Waals surface area contributed by atoms with E-state index < -0.39 is 11.7 Å². The van der Waals surface area contributed by atoms with Crippen LogP contribution in [0.2, 0.25) is 5.02 Å². The highest BCUT2D eigenvalue weighted by Gasteiger charge is 2.32. The van der Waals surface area contributed by atoms with Crippen molar-refractivity contribution in [3.63, 3.8) is 0 Å². The number of benzene rings is 1. The zero-order valence-electron chi connectivity index (χ0n) is 9.28. The van der Waals surface area contributed by atoms with Gasteiger partial charge in [-0.15, -0.1) is 0 Å². The lowest BCUT2D eigenvalue weighted by molar-refractivity contribution is -0.137. The van der Waals surface area contributed by atoms with Gasteiger partial charge in [-0.05, 0) is 12.1 Å². The number of nitrogens with two attached hydrogens (primary N) is 1. The Labute approximate surface area is 116 Å². The van der Waals surface area contributed by atoms with Crippen molar-refractivity contribution in [3.05, 3.63) is 46.7 Å². The molecule has 1 heterocycles. The van der Waals surface area contributed by atoms with E-state index >= 15 is 0 Å². The molecule has 3 nitrogen and oxygen atoms in total. The van der Waals surface area contributed by atoms with Gasteiger partial charge in [0.05, 0.1) is 28.0 Å². The molecule has 0 unspecified atom stereocenters. The SMILES string of the molecule is NC(=S)c1c(Cl)cccc1-n1cc(C(F)(F)F)cn1. The van der Waals surface area contributed by atoms with Crippen molar-refractivity contribution >= 4 is 28.8 Å². The summed E-state index contributed by atoms with van der Waals surface area (Å²) in [6, 6.07) is 4.66. The van der Waals surface area contributed by atoms with E-state index in [4.69, 9.17) is 29.6 Å². The molecule has 0 aliphatic heterocycles. The van der Waals surface area contributed by atoms with E-state index in [1.165, 1.54) is 6.07 Å². The predicted molar refractivity (Wildman–Crippen MR) is 69.5 cm³/mol. The molecule has 19 heavy (non-hydrogen) atoms. The zero-order valence-corrected chi connectivity index (χ0v) is 10.9. The van der Waals surface area contributed by atoms with Crippen LogP contribution in [-0.2, 0) is 6.18 Å². The monoisotopic (exact) mass is 305 g/mol. The third kappa shape index (κ3) is 2.71. The molecule has 100 valence electrons. The molecule has 1 aromatic carbocycles. The van der Waals surface area contributed by atoms with Crippen molar-refractivity contribution in [2.75, 3.05) is 0 Å². The van der Waals surface area contributed by atoms with E-state index in [0.29, 0.717) is 5.69 Å². The van der Waals surface area contributed by atoms with Crippen LogP contribution in [0.1, 0.15) is 11.1 Å². The number of nitrogens with zero attached hydrogens (tertiary/aromatic N) is 2. The summed E-state index contributed by atoms with van der Waals surface area (Å²) in [4.78, 5) is -0.00958. The second-order valence-electron chi connectivity index (χ2n) is 3.67. The molecule has 0 aliphatic rings. The van der Waals surface area contributed by atoms with E-state index in [9.17, 15) is 13.2 Å². The van der Waals surface area contributed by atoms with Crippen LogP contribution in [0.25, 0.3) is 5.69 Å². The first-order valence-corrected chi connectivity index (χ1v) is 5.80. The fourth-order valence-electron chi connectivity index (χ4n) is 1.55. The molecule has 1 aromatic heterocycles. The minimum absolute atomic E-state index is 0.00958. The van der Waals surface area contributed by atoms with Crippen molar-refractivity contribution in [2.24, 2.45) is 5.73 Å². The van der Waals surface area contributed by atoms with Crippen molar-refractivity contribution in [2.45, 2.75) is 6.18 Å². The lowest BCUT2D eigenvalue weighted by Gasteiger charge is -2.09. The Kier molecular flexibility index (Phi) is 3.51. The Bertz CT molecular complexity index is 636. The van der Waals surface area contributed by atoms with Crippen molar-refractivity contribution < 1.29 is 13.2 Å². The molecule has 0 fully saturated rings. The first-order chi connectivity index (χ1) is 8.80. The number of thiocarbonyl (C=S) groups is 1. The maximum absolute atomic E-state index is 12.5. The molecule has 0 saturated carbocycles. The van der Waals surface area contributed by atoms with E-state index in [1.807, 2.05) is 0 Å². The molecular weight excluding hydrogens is 299 g/mol. The molecule has 2 N–H and O–H groups in total. The van der Waals surface area contributed by atoms with Gasteiger partial charge in [-0.25, -0.2) is 4.68 Å². The molecule has 2 rings (SSSR count). The first kappa shape index (κ1) is 13.8. The highest BCUT2D eigenvalue weighted by molar-refractivity contribution is 7.80.